The lowest BCUT2D eigenvalue weighted by atomic mass is 10.1. The van der Waals surface area contributed by atoms with Gasteiger partial charge in [0.15, 0.2) is 9.84 Å². The molecule has 1 aliphatic rings. The van der Waals surface area contributed by atoms with E-state index in [1.807, 2.05) is 6.92 Å². The maximum absolute atomic E-state index is 11.4. The van der Waals surface area contributed by atoms with Gasteiger partial charge < -0.3 is 10.1 Å². The predicted octanol–water partition coefficient (Wildman–Crippen LogP) is 0.495. The molecule has 0 bridgehead atoms. The average Bonchev–Trinajstić information content (AvgIpc) is 2.15. The van der Waals surface area contributed by atoms with Crippen LogP contribution in [-0.2, 0) is 19.4 Å². The zero-order chi connectivity index (χ0) is 12.9. The summed E-state index contributed by atoms with van der Waals surface area (Å²) in [6, 6.07) is -0.0782. The van der Waals surface area contributed by atoms with E-state index in [0.29, 0.717) is 13.0 Å². The Hall–Kier alpha value is -0.620. The van der Waals surface area contributed by atoms with E-state index < -0.39 is 9.84 Å². The quantitative estimate of drug-likeness (QED) is 0.731. The first kappa shape index (κ1) is 14.4. The van der Waals surface area contributed by atoms with Gasteiger partial charge in [0.05, 0.1) is 24.5 Å². The summed E-state index contributed by atoms with van der Waals surface area (Å²) in [4.78, 5) is 11.2. The molecule has 0 aromatic heterocycles. The van der Waals surface area contributed by atoms with Gasteiger partial charge in [-0.25, -0.2) is 8.42 Å². The highest BCUT2D eigenvalue weighted by molar-refractivity contribution is 7.91. The van der Waals surface area contributed by atoms with E-state index in [1.54, 1.807) is 6.92 Å². The van der Waals surface area contributed by atoms with Crippen molar-refractivity contribution in [3.05, 3.63) is 0 Å². The van der Waals surface area contributed by atoms with E-state index in [0.717, 1.165) is 6.42 Å². The van der Waals surface area contributed by atoms with Gasteiger partial charge >= 0.3 is 5.97 Å². The Balaban J connectivity index is 2.35. The Bertz CT molecular complexity index is 352. The van der Waals surface area contributed by atoms with Gasteiger partial charge in [0.2, 0.25) is 0 Å². The molecule has 100 valence electrons. The lowest BCUT2D eigenvalue weighted by molar-refractivity contribution is -0.143. The highest BCUT2D eigenvalue weighted by Crippen LogP contribution is 2.13. The predicted molar refractivity (Wildman–Crippen MR) is 65.5 cm³/mol. The van der Waals surface area contributed by atoms with Crippen molar-refractivity contribution in [3.8, 4) is 0 Å². The fourth-order valence-electron chi connectivity index (χ4n) is 2.09. The minimum absolute atomic E-state index is 0.0295. The Morgan fingerprint density at radius 3 is 2.82 bits per heavy atom. The molecule has 0 aromatic carbocycles. The van der Waals surface area contributed by atoms with Crippen LogP contribution in [0.1, 0.15) is 33.1 Å². The number of esters is 1. The van der Waals surface area contributed by atoms with Crippen LogP contribution in [0.4, 0.5) is 0 Å². The molecule has 6 heteroatoms. The van der Waals surface area contributed by atoms with Gasteiger partial charge in [-0.2, -0.15) is 0 Å². The van der Waals surface area contributed by atoms with Crippen LogP contribution >= 0.6 is 0 Å². The summed E-state index contributed by atoms with van der Waals surface area (Å²) in [6.07, 6.45) is 1.84. The summed E-state index contributed by atoms with van der Waals surface area (Å²) in [6.45, 7) is 4.02. The van der Waals surface area contributed by atoms with E-state index in [4.69, 9.17) is 4.74 Å². The summed E-state index contributed by atoms with van der Waals surface area (Å²) in [7, 11) is -2.89. The van der Waals surface area contributed by atoms with E-state index in [9.17, 15) is 13.2 Å². The summed E-state index contributed by atoms with van der Waals surface area (Å²) >= 11 is 0. The second-order valence-electron chi connectivity index (χ2n) is 4.53. The van der Waals surface area contributed by atoms with Crippen molar-refractivity contribution in [2.75, 3.05) is 18.1 Å². The third-order valence-corrected chi connectivity index (χ3v) is 4.58. The number of rotatable bonds is 5. The Labute approximate surface area is 103 Å². The van der Waals surface area contributed by atoms with Gasteiger partial charge in [0, 0.05) is 12.1 Å². The largest absolute Gasteiger partial charge is 0.466 e. The zero-order valence-corrected chi connectivity index (χ0v) is 11.3. The topological polar surface area (TPSA) is 72.5 Å². The van der Waals surface area contributed by atoms with Crippen LogP contribution in [0.3, 0.4) is 0 Å². The molecule has 5 nitrogen and oxygen atoms in total. The van der Waals surface area contributed by atoms with Crippen LogP contribution in [0.15, 0.2) is 0 Å². The molecule has 17 heavy (non-hydrogen) atoms. The summed E-state index contributed by atoms with van der Waals surface area (Å²) in [5.74, 6) is 0.226. The van der Waals surface area contributed by atoms with Crippen molar-refractivity contribution >= 4 is 15.8 Å². The normalized spacial score (nSPS) is 25.2. The third kappa shape index (κ3) is 5.50. The molecular weight excluding hydrogens is 242 g/mol. The smallest absolute Gasteiger partial charge is 0.307 e. The maximum Gasteiger partial charge on any atom is 0.307 e. The summed E-state index contributed by atoms with van der Waals surface area (Å²) in [5, 5.41) is 3.18. The molecule has 0 spiro atoms. The molecule has 0 aliphatic carbocycles. The molecule has 1 heterocycles. The van der Waals surface area contributed by atoms with Crippen LogP contribution in [0.5, 0.6) is 0 Å². The van der Waals surface area contributed by atoms with Crippen molar-refractivity contribution in [1.29, 1.82) is 0 Å². The van der Waals surface area contributed by atoms with Crippen LogP contribution < -0.4 is 5.32 Å². The number of hydrogen-bond acceptors (Lipinski definition) is 5. The lowest BCUT2D eigenvalue weighted by Crippen LogP contribution is -2.45. The zero-order valence-electron chi connectivity index (χ0n) is 10.4. The molecule has 2 atom stereocenters. The number of hydrogen-bond donors (Lipinski definition) is 1. The number of carbonyl (C=O) groups excluding carboxylic acids is 1. The molecule has 1 fully saturated rings. The molecule has 1 saturated heterocycles. The molecule has 2 unspecified atom stereocenters. The minimum Gasteiger partial charge on any atom is -0.466 e. The fourth-order valence-corrected chi connectivity index (χ4v) is 3.73. The van der Waals surface area contributed by atoms with Crippen LogP contribution in [-0.4, -0.2) is 44.6 Å². The van der Waals surface area contributed by atoms with Gasteiger partial charge in [0.25, 0.3) is 0 Å². The fraction of sp³-hybridized carbons (Fsp3) is 0.909. The van der Waals surface area contributed by atoms with Gasteiger partial charge in [-0.3, -0.25) is 4.79 Å². The van der Waals surface area contributed by atoms with Crippen molar-refractivity contribution < 1.29 is 17.9 Å². The second kappa shape index (κ2) is 6.35. The van der Waals surface area contributed by atoms with Crippen LogP contribution in [0, 0.1) is 0 Å². The highest BCUT2D eigenvalue weighted by Gasteiger charge is 2.26. The number of carbonyl (C=O) groups is 1. The van der Waals surface area contributed by atoms with Crippen molar-refractivity contribution in [2.24, 2.45) is 0 Å². The van der Waals surface area contributed by atoms with Gasteiger partial charge in [-0.15, -0.1) is 0 Å². The van der Waals surface area contributed by atoms with E-state index >= 15 is 0 Å². The van der Waals surface area contributed by atoms with Crippen LogP contribution in [0.2, 0.25) is 0 Å². The Morgan fingerprint density at radius 2 is 2.24 bits per heavy atom. The molecule has 0 radical (unpaired) electrons. The van der Waals surface area contributed by atoms with Crippen molar-refractivity contribution in [3.63, 3.8) is 0 Å². The van der Waals surface area contributed by atoms with Crippen molar-refractivity contribution in [1.82, 2.24) is 5.32 Å². The first-order valence-corrected chi connectivity index (χ1v) is 7.87. The molecule has 1 N–H and O–H groups in total. The second-order valence-corrected chi connectivity index (χ2v) is 6.76. The summed E-state index contributed by atoms with van der Waals surface area (Å²) < 4.78 is 27.7. The monoisotopic (exact) mass is 263 g/mol. The molecule has 0 aromatic rings. The van der Waals surface area contributed by atoms with E-state index in [-0.39, 0.29) is 36.0 Å². The standard InChI is InChI=1S/C11H21NO4S/c1-3-16-11(13)7-9(2)12-10-5-4-6-17(14,15)8-10/h9-10,12H,3-8H2,1-2H3. The Kier molecular flexibility index (Phi) is 5.39. The third-order valence-electron chi connectivity index (χ3n) is 2.76. The molecule has 1 aliphatic heterocycles. The molecule has 0 saturated carbocycles. The first-order chi connectivity index (χ1) is 7.93. The first-order valence-electron chi connectivity index (χ1n) is 6.05. The highest BCUT2D eigenvalue weighted by atomic mass is 32.2. The maximum atomic E-state index is 11.4. The van der Waals surface area contributed by atoms with Gasteiger partial charge in [0.1, 0.15) is 0 Å². The molecular formula is C11H21NO4S. The van der Waals surface area contributed by atoms with Crippen molar-refractivity contribution in [2.45, 2.75) is 45.2 Å². The van der Waals surface area contributed by atoms with Crippen LogP contribution in [0.25, 0.3) is 0 Å². The lowest BCUT2D eigenvalue weighted by Gasteiger charge is -2.26. The van der Waals surface area contributed by atoms with E-state index in [2.05, 4.69) is 5.32 Å². The van der Waals surface area contributed by atoms with E-state index in [1.165, 1.54) is 0 Å². The minimum atomic E-state index is -2.89. The van der Waals surface area contributed by atoms with Gasteiger partial charge in [-0.1, -0.05) is 0 Å². The number of ether oxygens (including phenoxy) is 1. The molecule has 1 rings (SSSR count). The van der Waals surface area contributed by atoms with Gasteiger partial charge in [-0.05, 0) is 26.7 Å². The average molecular weight is 263 g/mol. The Morgan fingerprint density at radius 1 is 1.53 bits per heavy atom. The summed E-state index contributed by atoms with van der Waals surface area (Å²) in [5.41, 5.74) is 0. The molecule has 0 amide bonds. The number of sulfone groups is 1. The SMILES string of the molecule is CCOC(=O)CC(C)NC1CCCS(=O)(=O)C1. The number of nitrogens with one attached hydrogen (secondary N) is 1.